The number of nitrogens with one attached hydrogen (secondary N) is 3. The van der Waals surface area contributed by atoms with Crippen LogP contribution in [0.1, 0.15) is 36.5 Å². The maximum absolute atomic E-state index is 14.7. The number of likely N-dealkylation sites (tertiary alicyclic amines) is 1. The summed E-state index contributed by atoms with van der Waals surface area (Å²) in [4.78, 5) is 52.9. The van der Waals surface area contributed by atoms with Gasteiger partial charge >= 0.3 is 6.18 Å². The predicted molar refractivity (Wildman–Crippen MR) is 142 cm³/mol. The fourth-order valence-electron chi connectivity index (χ4n) is 4.58. The quantitative estimate of drug-likeness (QED) is 0.301. The second-order valence-electron chi connectivity index (χ2n) is 9.92. The molecular weight excluding hydrogens is 546 g/mol. The Labute approximate surface area is 234 Å². The summed E-state index contributed by atoms with van der Waals surface area (Å²) in [5.74, 6) is -3.88. The number of nitrogens with zero attached hydrogens (tertiary/aromatic N) is 1. The molecule has 41 heavy (non-hydrogen) atoms. The number of hydrogen-bond donors (Lipinski definition) is 4. The van der Waals surface area contributed by atoms with E-state index in [0.29, 0.717) is 18.6 Å². The molecule has 2 aromatic carbocycles. The number of benzene rings is 2. The standard InChI is InChI=1S/C28H33F4N5O4/c1-16(34-2)25(39)36-22(14-18-10-11-19(15-20(18)29)28(30,31)32)27(41)37-12-6-9-23(37)26(40)35-21(24(33)38)13-17-7-4-3-5-8-17/h3-5,7-8,10-11,15-16,21-23,34H,6,9,12-14H2,1-2H3,(H2,33,38)(H,35,40)(H,36,39)/t16-,21-,22-,23-/m0/s1. The zero-order chi connectivity index (χ0) is 30.3. The summed E-state index contributed by atoms with van der Waals surface area (Å²) in [7, 11) is 1.52. The third-order valence-corrected chi connectivity index (χ3v) is 7.03. The summed E-state index contributed by atoms with van der Waals surface area (Å²) in [6, 6.07) is 6.66. The number of carbonyl (C=O) groups is 4. The van der Waals surface area contributed by atoms with Gasteiger partial charge in [-0.3, -0.25) is 19.2 Å². The van der Waals surface area contributed by atoms with Gasteiger partial charge in [0.05, 0.1) is 11.6 Å². The number of likely N-dealkylation sites (N-methyl/N-ethyl adjacent to an activating group) is 1. The molecule has 9 nitrogen and oxygen atoms in total. The van der Waals surface area contributed by atoms with E-state index in [-0.39, 0.29) is 24.9 Å². The minimum absolute atomic E-state index is 0.135. The van der Waals surface area contributed by atoms with E-state index in [2.05, 4.69) is 16.0 Å². The Bertz CT molecular complexity index is 1260. The van der Waals surface area contributed by atoms with Gasteiger partial charge in [-0.05, 0) is 50.1 Å². The van der Waals surface area contributed by atoms with E-state index in [1.54, 1.807) is 30.3 Å². The fourth-order valence-corrected chi connectivity index (χ4v) is 4.58. The van der Waals surface area contributed by atoms with Gasteiger partial charge in [0, 0.05) is 19.4 Å². The average Bonchev–Trinajstić information content (AvgIpc) is 3.42. The Hall–Kier alpha value is -4.00. The van der Waals surface area contributed by atoms with Crippen LogP contribution in [0.5, 0.6) is 0 Å². The van der Waals surface area contributed by atoms with Gasteiger partial charge in [-0.2, -0.15) is 13.2 Å². The summed E-state index contributed by atoms with van der Waals surface area (Å²) in [5.41, 5.74) is 4.87. The molecule has 0 aliphatic carbocycles. The molecule has 0 spiro atoms. The molecule has 3 rings (SSSR count). The number of rotatable bonds is 11. The van der Waals surface area contributed by atoms with Crippen LogP contribution in [0.2, 0.25) is 0 Å². The van der Waals surface area contributed by atoms with Gasteiger partial charge in [-0.25, -0.2) is 4.39 Å². The summed E-state index contributed by atoms with van der Waals surface area (Å²) in [6.45, 7) is 1.67. The second kappa shape index (κ2) is 13.6. The second-order valence-corrected chi connectivity index (χ2v) is 9.92. The number of primary amides is 1. The van der Waals surface area contributed by atoms with Crippen LogP contribution >= 0.6 is 0 Å². The highest BCUT2D eigenvalue weighted by atomic mass is 19.4. The van der Waals surface area contributed by atoms with E-state index in [9.17, 15) is 36.7 Å². The van der Waals surface area contributed by atoms with Crippen molar-refractivity contribution < 1.29 is 36.7 Å². The van der Waals surface area contributed by atoms with Gasteiger partial charge in [-0.15, -0.1) is 0 Å². The number of amides is 4. The first kappa shape index (κ1) is 31.5. The topological polar surface area (TPSA) is 134 Å². The molecule has 2 aromatic rings. The van der Waals surface area contributed by atoms with Gasteiger partial charge in [0.1, 0.15) is 23.9 Å². The van der Waals surface area contributed by atoms with E-state index < -0.39 is 71.8 Å². The molecule has 0 radical (unpaired) electrons. The Morgan fingerprint density at radius 2 is 1.71 bits per heavy atom. The molecule has 222 valence electrons. The van der Waals surface area contributed by atoms with Gasteiger partial charge in [-0.1, -0.05) is 36.4 Å². The summed E-state index contributed by atoms with van der Waals surface area (Å²) in [5, 5.41) is 7.85. The fraction of sp³-hybridized carbons (Fsp3) is 0.429. The van der Waals surface area contributed by atoms with Crippen LogP contribution < -0.4 is 21.7 Å². The van der Waals surface area contributed by atoms with E-state index in [1.165, 1.54) is 18.9 Å². The Kier molecular flexibility index (Phi) is 10.4. The largest absolute Gasteiger partial charge is 0.416 e. The van der Waals surface area contributed by atoms with Crippen molar-refractivity contribution in [1.82, 2.24) is 20.9 Å². The Balaban J connectivity index is 1.82. The first-order valence-electron chi connectivity index (χ1n) is 13.1. The lowest BCUT2D eigenvalue weighted by Gasteiger charge is -2.30. The molecule has 0 saturated carbocycles. The van der Waals surface area contributed by atoms with Gasteiger partial charge < -0.3 is 26.6 Å². The molecule has 5 N–H and O–H groups in total. The minimum Gasteiger partial charge on any atom is -0.368 e. The SMILES string of the molecule is CN[C@@H](C)C(=O)N[C@@H](Cc1ccc(C(F)(F)F)cc1F)C(=O)N1CCC[C@H]1C(=O)N[C@@H](Cc1ccccc1)C(N)=O. The molecule has 0 bridgehead atoms. The Morgan fingerprint density at radius 3 is 2.29 bits per heavy atom. The lowest BCUT2D eigenvalue weighted by molar-refractivity contribution is -0.142. The summed E-state index contributed by atoms with van der Waals surface area (Å²) >= 11 is 0. The van der Waals surface area contributed by atoms with E-state index in [1.807, 2.05) is 0 Å². The number of carbonyl (C=O) groups excluding carboxylic acids is 4. The van der Waals surface area contributed by atoms with Crippen molar-refractivity contribution in [1.29, 1.82) is 0 Å². The van der Waals surface area contributed by atoms with Crippen molar-refractivity contribution in [2.45, 2.75) is 63.0 Å². The third-order valence-electron chi connectivity index (χ3n) is 7.03. The van der Waals surface area contributed by atoms with Crippen molar-refractivity contribution >= 4 is 23.6 Å². The highest BCUT2D eigenvalue weighted by Gasteiger charge is 2.39. The monoisotopic (exact) mass is 579 g/mol. The molecule has 0 aromatic heterocycles. The zero-order valence-electron chi connectivity index (χ0n) is 22.6. The smallest absolute Gasteiger partial charge is 0.368 e. The van der Waals surface area contributed by atoms with Crippen LogP contribution in [0.25, 0.3) is 0 Å². The van der Waals surface area contributed by atoms with Crippen LogP contribution in [-0.2, 0) is 38.2 Å². The molecule has 13 heteroatoms. The molecular formula is C28H33F4N5O4. The van der Waals surface area contributed by atoms with Crippen LogP contribution in [0.15, 0.2) is 48.5 Å². The van der Waals surface area contributed by atoms with E-state index >= 15 is 0 Å². The molecule has 1 aliphatic heterocycles. The highest BCUT2D eigenvalue weighted by molar-refractivity contribution is 5.95. The normalized spacial score (nSPS) is 17.4. The molecule has 0 unspecified atom stereocenters. The first-order chi connectivity index (χ1) is 19.3. The van der Waals surface area contributed by atoms with Crippen LogP contribution in [0, 0.1) is 5.82 Å². The lowest BCUT2D eigenvalue weighted by atomic mass is 10.0. The van der Waals surface area contributed by atoms with Crippen molar-refractivity contribution in [3.05, 3.63) is 71.0 Å². The van der Waals surface area contributed by atoms with E-state index in [0.717, 1.165) is 11.6 Å². The molecule has 1 fully saturated rings. The van der Waals surface area contributed by atoms with Crippen LogP contribution in [0.4, 0.5) is 17.6 Å². The van der Waals surface area contributed by atoms with E-state index in [4.69, 9.17) is 5.73 Å². The zero-order valence-corrected chi connectivity index (χ0v) is 22.6. The van der Waals surface area contributed by atoms with Crippen molar-refractivity contribution in [2.75, 3.05) is 13.6 Å². The highest BCUT2D eigenvalue weighted by Crippen LogP contribution is 2.30. The van der Waals surface area contributed by atoms with Crippen molar-refractivity contribution in [3.8, 4) is 0 Å². The molecule has 4 amide bonds. The van der Waals surface area contributed by atoms with Gasteiger partial charge in [0.2, 0.25) is 23.6 Å². The maximum Gasteiger partial charge on any atom is 0.416 e. The van der Waals surface area contributed by atoms with Crippen molar-refractivity contribution in [3.63, 3.8) is 0 Å². The lowest BCUT2D eigenvalue weighted by Crippen LogP contribution is -2.57. The van der Waals surface area contributed by atoms with Gasteiger partial charge in [0.15, 0.2) is 0 Å². The summed E-state index contributed by atoms with van der Waals surface area (Å²) < 4.78 is 53.7. The number of alkyl halides is 3. The Morgan fingerprint density at radius 1 is 1.02 bits per heavy atom. The third kappa shape index (κ3) is 8.26. The van der Waals surface area contributed by atoms with Crippen molar-refractivity contribution in [2.24, 2.45) is 5.73 Å². The predicted octanol–water partition coefficient (Wildman–Crippen LogP) is 1.68. The van der Waals surface area contributed by atoms with Gasteiger partial charge in [0.25, 0.3) is 0 Å². The molecule has 1 heterocycles. The van der Waals surface area contributed by atoms with Crippen LogP contribution in [-0.4, -0.2) is 66.3 Å². The van der Waals surface area contributed by atoms with Crippen LogP contribution in [0.3, 0.4) is 0 Å². The summed E-state index contributed by atoms with van der Waals surface area (Å²) in [6.07, 6.45) is -4.38. The minimum atomic E-state index is -4.76. The number of halogens is 4. The average molecular weight is 580 g/mol. The molecule has 4 atom stereocenters. The molecule has 1 saturated heterocycles. The number of hydrogen-bond acceptors (Lipinski definition) is 5. The first-order valence-corrected chi connectivity index (χ1v) is 13.1. The maximum atomic E-state index is 14.7. The molecule has 1 aliphatic rings. The number of nitrogens with two attached hydrogens (primary N) is 1.